The monoisotopic (exact) mass is 402 g/mol. The number of benzene rings is 2. The lowest BCUT2D eigenvalue weighted by Gasteiger charge is -2.30. The first kappa shape index (κ1) is 22.0. The maximum Gasteiger partial charge on any atom is 0.244 e. The summed E-state index contributed by atoms with van der Waals surface area (Å²) in [6, 6.07) is 10.2. The summed E-state index contributed by atoms with van der Waals surface area (Å²) in [4.78, 5) is 12.9. The Hall–Kier alpha value is -2.34. The Morgan fingerprint density at radius 1 is 0.964 bits per heavy atom. The van der Waals surface area contributed by atoms with Crippen molar-refractivity contribution in [2.24, 2.45) is 0 Å². The molecular weight excluding hydrogens is 372 g/mol. The number of carbonyl (C=O) groups excluding carboxylic acids is 1. The molecule has 2 rings (SSSR count). The number of sulfonamides is 1. The van der Waals surface area contributed by atoms with E-state index in [1.54, 1.807) is 25.1 Å². The van der Waals surface area contributed by atoms with E-state index in [9.17, 15) is 13.2 Å². The van der Waals surface area contributed by atoms with E-state index in [4.69, 9.17) is 0 Å². The Bertz CT molecular complexity index is 983. The first-order valence-corrected chi connectivity index (χ1v) is 11.2. The van der Waals surface area contributed by atoms with Crippen molar-refractivity contribution in [2.45, 2.75) is 53.6 Å². The highest BCUT2D eigenvalue weighted by Crippen LogP contribution is 2.24. The average molecular weight is 403 g/mol. The molecule has 1 amide bonds. The van der Waals surface area contributed by atoms with Crippen molar-refractivity contribution in [1.82, 2.24) is 5.32 Å². The third kappa shape index (κ3) is 4.93. The highest BCUT2D eigenvalue weighted by Gasteiger charge is 2.30. The normalized spacial score (nSPS) is 13.7. The lowest BCUT2D eigenvalue weighted by atomic mass is 9.96. The van der Waals surface area contributed by atoms with Crippen LogP contribution in [-0.2, 0) is 14.8 Å². The Labute approximate surface area is 168 Å². The molecule has 0 aromatic heterocycles. The quantitative estimate of drug-likeness (QED) is 0.795. The molecule has 1 N–H and O–H groups in total. The molecule has 28 heavy (non-hydrogen) atoms. The largest absolute Gasteiger partial charge is 0.348 e. The molecule has 0 bridgehead atoms. The van der Waals surface area contributed by atoms with Gasteiger partial charge in [0.25, 0.3) is 0 Å². The van der Waals surface area contributed by atoms with Crippen molar-refractivity contribution in [3.8, 4) is 0 Å². The smallest absolute Gasteiger partial charge is 0.244 e. The van der Waals surface area contributed by atoms with Gasteiger partial charge in [0.05, 0.1) is 18.0 Å². The van der Waals surface area contributed by atoms with Crippen molar-refractivity contribution in [2.75, 3.05) is 10.6 Å². The zero-order valence-electron chi connectivity index (χ0n) is 17.7. The van der Waals surface area contributed by atoms with E-state index in [0.717, 1.165) is 28.5 Å². The number of rotatable bonds is 6. The molecule has 0 saturated carbocycles. The summed E-state index contributed by atoms with van der Waals surface area (Å²) in [5, 5.41) is 2.98. The van der Waals surface area contributed by atoms with Crippen molar-refractivity contribution in [3.05, 3.63) is 64.2 Å². The average Bonchev–Trinajstić information content (AvgIpc) is 2.56. The van der Waals surface area contributed by atoms with Gasteiger partial charge in [-0.3, -0.25) is 9.10 Å². The predicted molar refractivity (Wildman–Crippen MR) is 115 cm³/mol. The van der Waals surface area contributed by atoms with E-state index in [1.165, 1.54) is 9.87 Å². The fourth-order valence-corrected chi connectivity index (χ4v) is 4.60. The van der Waals surface area contributed by atoms with Gasteiger partial charge in [0.1, 0.15) is 6.04 Å². The van der Waals surface area contributed by atoms with Gasteiger partial charge < -0.3 is 5.32 Å². The topological polar surface area (TPSA) is 66.5 Å². The summed E-state index contributed by atoms with van der Waals surface area (Å²) < 4.78 is 26.0. The van der Waals surface area contributed by atoms with Gasteiger partial charge in [0.15, 0.2) is 0 Å². The highest BCUT2D eigenvalue weighted by molar-refractivity contribution is 7.92. The molecule has 0 spiro atoms. The number of hydrogen-bond donors (Lipinski definition) is 1. The van der Waals surface area contributed by atoms with Crippen LogP contribution in [0.4, 0.5) is 5.69 Å². The van der Waals surface area contributed by atoms with Crippen LogP contribution < -0.4 is 9.62 Å². The molecule has 0 heterocycles. The molecule has 0 unspecified atom stereocenters. The van der Waals surface area contributed by atoms with Gasteiger partial charge in [0, 0.05) is 0 Å². The lowest BCUT2D eigenvalue weighted by Crippen LogP contribution is -2.48. The third-order valence-corrected chi connectivity index (χ3v) is 6.29. The number of hydrogen-bond acceptors (Lipinski definition) is 3. The standard InChI is InChI=1S/C22H30N2O3S/c1-14-9-8-10-20(11-14)24(28(7,26)27)19(6)22(25)23-18(5)21-13-16(3)15(2)12-17(21)4/h8-13,18-19H,1-7H3,(H,23,25)/t18-,19-/m1/s1. The number of nitrogens with zero attached hydrogens (tertiary/aromatic N) is 1. The summed E-state index contributed by atoms with van der Waals surface area (Å²) >= 11 is 0. The maximum absolute atomic E-state index is 12.9. The van der Waals surface area contributed by atoms with Gasteiger partial charge in [-0.15, -0.1) is 0 Å². The van der Waals surface area contributed by atoms with Gasteiger partial charge in [-0.05, 0) is 81.5 Å². The van der Waals surface area contributed by atoms with E-state index in [0.29, 0.717) is 5.69 Å². The molecule has 5 nitrogen and oxygen atoms in total. The van der Waals surface area contributed by atoms with Crippen LogP contribution in [0.1, 0.15) is 47.7 Å². The zero-order valence-corrected chi connectivity index (χ0v) is 18.5. The minimum Gasteiger partial charge on any atom is -0.348 e. The second kappa shape index (κ2) is 8.35. The molecule has 0 saturated heterocycles. The van der Waals surface area contributed by atoms with E-state index in [2.05, 4.69) is 24.4 Å². The molecule has 6 heteroatoms. The first-order valence-electron chi connectivity index (χ1n) is 9.36. The van der Waals surface area contributed by atoms with Crippen LogP contribution in [0.25, 0.3) is 0 Å². The van der Waals surface area contributed by atoms with Crippen molar-refractivity contribution >= 4 is 21.6 Å². The van der Waals surface area contributed by atoms with E-state index < -0.39 is 16.1 Å². The predicted octanol–water partition coefficient (Wildman–Crippen LogP) is 3.95. The molecule has 2 atom stereocenters. The number of anilines is 1. The van der Waals surface area contributed by atoms with Gasteiger partial charge in [-0.1, -0.05) is 24.3 Å². The molecular formula is C22H30N2O3S. The summed E-state index contributed by atoms with van der Waals surface area (Å²) in [5.74, 6) is -0.336. The lowest BCUT2D eigenvalue weighted by molar-refractivity contribution is -0.122. The molecule has 2 aromatic rings. The second-order valence-electron chi connectivity index (χ2n) is 7.60. The van der Waals surface area contributed by atoms with Crippen LogP contribution in [-0.4, -0.2) is 26.6 Å². The van der Waals surface area contributed by atoms with Crippen molar-refractivity contribution in [3.63, 3.8) is 0 Å². The van der Waals surface area contributed by atoms with E-state index in [-0.39, 0.29) is 11.9 Å². The van der Waals surface area contributed by atoms with E-state index >= 15 is 0 Å². The Balaban J connectivity index is 2.30. The number of aryl methyl sites for hydroxylation is 4. The third-order valence-electron chi connectivity index (χ3n) is 5.05. The Morgan fingerprint density at radius 2 is 1.57 bits per heavy atom. The Kier molecular flexibility index (Phi) is 6.55. The summed E-state index contributed by atoms with van der Waals surface area (Å²) in [6.45, 7) is 11.5. The van der Waals surface area contributed by atoms with Gasteiger partial charge >= 0.3 is 0 Å². The molecule has 0 aliphatic carbocycles. The SMILES string of the molecule is Cc1cccc(N([C@H](C)C(=O)N[C@H](C)c2cc(C)c(C)cc2C)S(C)(=O)=O)c1. The van der Waals surface area contributed by atoms with Crippen LogP contribution >= 0.6 is 0 Å². The fourth-order valence-electron chi connectivity index (χ4n) is 3.43. The van der Waals surface area contributed by atoms with Crippen molar-refractivity contribution < 1.29 is 13.2 Å². The summed E-state index contributed by atoms with van der Waals surface area (Å²) in [6.07, 6.45) is 1.12. The minimum atomic E-state index is -3.63. The Morgan fingerprint density at radius 3 is 2.14 bits per heavy atom. The highest BCUT2D eigenvalue weighted by atomic mass is 32.2. The molecule has 0 aliphatic rings. The maximum atomic E-state index is 12.9. The molecule has 0 fully saturated rings. The van der Waals surface area contributed by atoms with Crippen LogP contribution in [0.15, 0.2) is 36.4 Å². The van der Waals surface area contributed by atoms with E-state index in [1.807, 2.05) is 33.8 Å². The van der Waals surface area contributed by atoms with Crippen LogP contribution in [0.5, 0.6) is 0 Å². The van der Waals surface area contributed by atoms with Gasteiger partial charge in [-0.2, -0.15) is 0 Å². The fraction of sp³-hybridized carbons (Fsp3) is 0.409. The summed E-state index contributed by atoms with van der Waals surface area (Å²) in [5.41, 5.74) is 5.91. The first-order chi connectivity index (χ1) is 12.9. The number of nitrogens with one attached hydrogen (secondary N) is 1. The molecule has 0 aliphatic heterocycles. The molecule has 2 aromatic carbocycles. The molecule has 0 radical (unpaired) electrons. The minimum absolute atomic E-state index is 0.229. The van der Waals surface area contributed by atoms with Crippen molar-refractivity contribution in [1.29, 1.82) is 0 Å². The van der Waals surface area contributed by atoms with Crippen LogP contribution in [0.2, 0.25) is 0 Å². The summed E-state index contributed by atoms with van der Waals surface area (Å²) in [7, 11) is -3.63. The molecule has 152 valence electrons. The zero-order chi connectivity index (χ0) is 21.2. The van der Waals surface area contributed by atoms with Crippen LogP contribution in [0, 0.1) is 27.7 Å². The van der Waals surface area contributed by atoms with Crippen LogP contribution in [0.3, 0.4) is 0 Å². The number of amides is 1. The second-order valence-corrected chi connectivity index (χ2v) is 9.46. The van der Waals surface area contributed by atoms with Gasteiger partial charge in [-0.25, -0.2) is 8.42 Å². The number of carbonyl (C=O) groups is 1. The van der Waals surface area contributed by atoms with Gasteiger partial charge in [0.2, 0.25) is 15.9 Å².